The molecule has 0 aliphatic rings. The number of rotatable bonds is 10. The molecule has 1 atom stereocenters. The Labute approximate surface area is 117 Å². The van der Waals surface area contributed by atoms with Crippen LogP contribution in [0.2, 0.25) is 0 Å². The van der Waals surface area contributed by atoms with E-state index in [0.717, 1.165) is 13.0 Å². The van der Waals surface area contributed by atoms with Gasteiger partial charge in [0.25, 0.3) is 0 Å². The lowest BCUT2D eigenvalue weighted by Crippen LogP contribution is -2.22. The average Bonchev–Trinajstić information content (AvgIpc) is 2.86. The Morgan fingerprint density at radius 2 is 1.94 bits per heavy atom. The fraction of sp³-hybridized carbons (Fsp3) is 0.750. The molecule has 0 amide bonds. The van der Waals surface area contributed by atoms with Crippen molar-refractivity contribution in [3.05, 3.63) is 21.9 Å². The maximum absolute atomic E-state index is 3.73. The van der Waals surface area contributed by atoms with Gasteiger partial charge in [0.2, 0.25) is 0 Å². The van der Waals surface area contributed by atoms with Crippen molar-refractivity contribution in [2.75, 3.05) is 6.54 Å². The number of unbranched alkanes of at least 4 members (excludes halogenated alkanes) is 3. The van der Waals surface area contributed by atoms with E-state index in [1.54, 1.807) is 10.4 Å². The third-order valence-electron chi connectivity index (χ3n) is 3.47. The van der Waals surface area contributed by atoms with Crippen LogP contribution in [0.25, 0.3) is 0 Å². The zero-order chi connectivity index (χ0) is 13.2. The van der Waals surface area contributed by atoms with E-state index in [2.05, 4.69) is 37.5 Å². The van der Waals surface area contributed by atoms with Crippen LogP contribution < -0.4 is 5.32 Å². The summed E-state index contributed by atoms with van der Waals surface area (Å²) in [5.41, 5.74) is 1.55. The molecule has 0 saturated heterocycles. The van der Waals surface area contributed by atoms with Gasteiger partial charge in [0.15, 0.2) is 0 Å². The van der Waals surface area contributed by atoms with E-state index in [9.17, 15) is 0 Å². The van der Waals surface area contributed by atoms with Crippen LogP contribution in [-0.2, 0) is 6.42 Å². The lowest BCUT2D eigenvalue weighted by atomic mass is 10.0. The van der Waals surface area contributed by atoms with Gasteiger partial charge in [-0.05, 0) is 42.8 Å². The van der Waals surface area contributed by atoms with E-state index < -0.39 is 0 Å². The summed E-state index contributed by atoms with van der Waals surface area (Å²) >= 11 is 1.93. The molecule has 1 heterocycles. The lowest BCUT2D eigenvalue weighted by Gasteiger charge is -2.19. The molecule has 0 spiro atoms. The minimum atomic E-state index is 0.594. The van der Waals surface area contributed by atoms with E-state index in [4.69, 9.17) is 0 Å². The molecule has 0 bridgehead atoms. The smallest absolute Gasteiger partial charge is 0.0417 e. The Balaban J connectivity index is 2.54. The Kier molecular flexibility index (Phi) is 8.36. The van der Waals surface area contributed by atoms with Crippen molar-refractivity contribution in [1.29, 1.82) is 0 Å². The highest BCUT2D eigenvalue weighted by molar-refractivity contribution is 7.10. The fourth-order valence-electron chi connectivity index (χ4n) is 2.36. The summed E-state index contributed by atoms with van der Waals surface area (Å²) in [6.07, 6.45) is 9.13. The van der Waals surface area contributed by atoms with E-state index in [1.165, 1.54) is 38.5 Å². The third kappa shape index (κ3) is 5.11. The van der Waals surface area contributed by atoms with E-state index in [-0.39, 0.29) is 0 Å². The lowest BCUT2D eigenvalue weighted by molar-refractivity contribution is 0.474. The van der Waals surface area contributed by atoms with Crippen LogP contribution in [0.15, 0.2) is 11.4 Å². The van der Waals surface area contributed by atoms with Gasteiger partial charge in [-0.25, -0.2) is 0 Å². The topological polar surface area (TPSA) is 12.0 Å². The monoisotopic (exact) mass is 267 g/mol. The summed E-state index contributed by atoms with van der Waals surface area (Å²) in [4.78, 5) is 1.59. The summed E-state index contributed by atoms with van der Waals surface area (Å²) in [6.45, 7) is 7.93. The second-order valence-electron chi connectivity index (χ2n) is 5.02. The van der Waals surface area contributed by atoms with Gasteiger partial charge in [0.1, 0.15) is 0 Å². The first-order valence-electron chi connectivity index (χ1n) is 7.63. The van der Waals surface area contributed by atoms with Crippen LogP contribution in [-0.4, -0.2) is 6.54 Å². The van der Waals surface area contributed by atoms with Crippen molar-refractivity contribution in [3.8, 4) is 0 Å². The van der Waals surface area contributed by atoms with Gasteiger partial charge in [-0.15, -0.1) is 11.3 Å². The van der Waals surface area contributed by atoms with Gasteiger partial charge >= 0.3 is 0 Å². The second kappa shape index (κ2) is 9.57. The number of thiophene rings is 1. The summed E-state index contributed by atoms with van der Waals surface area (Å²) in [7, 11) is 0. The predicted molar refractivity (Wildman–Crippen MR) is 83.5 cm³/mol. The normalized spacial score (nSPS) is 12.8. The SMILES string of the molecule is CCCCCCC(NCCC)c1sccc1CC. The summed E-state index contributed by atoms with van der Waals surface area (Å²) in [5, 5.41) is 5.98. The van der Waals surface area contributed by atoms with Gasteiger partial charge in [0.05, 0.1) is 0 Å². The average molecular weight is 267 g/mol. The standard InChI is InChI=1S/C16H29NS/c1-4-7-8-9-10-15(17-12-5-2)16-14(6-3)11-13-18-16/h11,13,15,17H,4-10,12H2,1-3H3. The van der Waals surface area contributed by atoms with E-state index >= 15 is 0 Å². The number of nitrogens with one attached hydrogen (secondary N) is 1. The molecule has 0 aliphatic heterocycles. The Morgan fingerprint density at radius 1 is 1.11 bits per heavy atom. The van der Waals surface area contributed by atoms with Gasteiger partial charge < -0.3 is 5.32 Å². The molecule has 1 aromatic heterocycles. The minimum absolute atomic E-state index is 0.594. The van der Waals surface area contributed by atoms with Crippen LogP contribution in [0, 0.1) is 0 Å². The molecule has 0 aliphatic carbocycles. The highest BCUT2D eigenvalue weighted by Crippen LogP contribution is 2.29. The molecular weight excluding hydrogens is 238 g/mol. The largest absolute Gasteiger partial charge is 0.309 e. The van der Waals surface area contributed by atoms with Gasteiger partial charge in [-0.3, -0.25) is 0 Å². The zero-order valence-corrected chi connectivity index (χ0v) is 13.1. The van der Waals surface area contributed by atoms with E-state index in [1.807, 2.05) is 11.3 Å². The second-order valence-corrected chi connectivity index (χ2v) is 5.97. The van der Waals surface area contributed by atoms with Crippen molar-refractivity contribution in [2.24, 2.45) is 0 Å². The predicted octanol–water partition coefficient (Wildman–Crippen LogP) is 5.32. The molecule has 1 aromatic rings. The number of hydrogen-bond acceptors (Lipinski definition) is 2. The molecule has 0 fully saturated rings. The molecule has 104 valence electrons. The maximum Gasteiger partial charge on any atom is 0.0417 e. The molecule has 0 radical (unpaired) electrons. The molecule has 1 N–H and O–H groups in total. The summed E-state index contributed by atoms with van der Waals surface area (Å²) in [5.74, 6) is 0. The first kappa shape index (κ1) is 15.7. The number of hydrogen-bond donors (Lipinski definition) is 1. The molecule has 1 nitrogen and oxygen atoms in total. The summed E-state index contributed by atoms with van der Waals surface area (Å²) in [6, 6.07) is 2.89. The zero-order valence-electron chi connectivity index (χ0n) is 12.3. The highest BCUT2D eigenvalue weighted by atomic mass is 32.1. The quantitative estimate of drug-likeness (QED) is 0.566. The van der Waals surface area contributed by atoms with Crippen LogP contribution in [0.4, 0.5) is 0 Å². The van der Waals surface area contributed by atoms with Crippen molar-refractivity contribution in [1.82, 2.24) is 5.32 Å². The fourth-order valence-corrected chi connectivity index (χ4v) is 3.47. The molecule has 1 unspecified atom stereocenters. The van der Waals surface area contributed by atoms with Gasteiger partial charge in [-0.1, -0.05) is 46.5 Å². The molecule has 0 aromatic carbocycles. The maximum atomic E-state index is 3.73. The number of aryl methyl sites for hydroxylation is 1. The molecule has 2 heteroatoms. The van der Waals surface area contributed by atoms with Crippen molar-refractivity contribution in [3.63, 3.8) is 0 Å². The summed E-state index contributed by atoms with van der Waals surface area (Å²) < 4.78 is 0. The molecular formula is C16H29NS. The third-order valence-corrected chi connectivity index (χ3v) is 4.54. The van der Waals surface area contributed by atoms with Crippen LogP contribution in [0.3, 0.4) is 0 Å². The molecule has 18 heavy (non-hydrogen) atoms. The Bertz CT molecular complexity index is 306. The van der Waals surface area contributed by atoms with Gasteiger partial charge in [0, 0.05) is 10.9 Å². The minimum Gasteiger partial charge on any atom is -0.309 e. The van der Waals surface area contributed by atoms with Crippen LogP contribution >= 0.6 is 11.3 Å². The first-order valence-corrected chi connectivity index (χ1v) is 8.51. The molecule has 1 rings (SSSR count). The van der Waals surface area contributed by atoms with Crippen molar-refractivity contribution in [2.45, 2.75) is 71.8 Å². The van der Waals surface area contributed by atoms with E-state index in [0.29, 0.717) is 6.04 Å². The Hall–Kier alpha value is -0.340. The van der Waals surface area contributed by atoms with Crippen LogP contribution in [0.1, 0.15) is 75.8 Å². The van der Waals surface area contributed by atoms with Crippen LogP contribution in [0.5, 0.6) is 0 Å². The van der Waals surface area contributed by atoms with Gasteiger partial charge in [-0.2, -0.15) is 0 Å². The first-order chi connectivity index (χ1) is 8.83. The van der Waals surface area contributed by atoms with Crippen molar-refractivity contribution < 1.29 is 0 Å². The van der Waals surface area contributed by atoms with Crippen molar-refractivity contribution >= 4 is 11.3 Å². The highest BCUT2D eigenvalue weighted by Gasteiger charge is 2.14. The Morgan fingerprint density at radius 3 is 2.61 bits per heavy atom. The molecule has 0 saturated carbocycles.